The van der Waals surface area contributed by atoms with Crippen LogP contribution in [-0.4, -0.2) is 9.66 Å². The Labute approximate surface area is 63.5 Å². The maximum atomic E-state index is 5.44. The lowest BCUT2D eigenvalue weighted by atomic mass is 10.4. The monoisotopic (exact) mass is 156 g/mol. The summed E-state index contributed by atoms with van der Waals surface area (Å²) in [5.74, 6) is 5.82. The lowest BCUT2D eigenvalue weighted by Gasteiger charge is -2.01. The van der Waals surface area contributed by atoms with E-state index >= 15 is 0 Å². The smallest absolute Gasteiger partial charge is 0.220 e. The van der Waals surface area contributed by atoms with Crippen LogP contribution < -0.4 is 11.6 Å². The van der Waals surface area contributed by atoms with Crippen LogP contribution in [0.25, 0.3) is 0 Å². The Kier molecular flexibility index (Phi) is 1.58. The summed E-state index contributed by atoms with van der Waals surface area (Å²) in [6.45, 7) is 1.82. The number of hydrogen-bond acceptors (Lipinski definition) is 4. The SMILES string of the molecule is Cc1cn(N)c(=S)nc1N. The van der Waals surface area contributed by atoms with Gasteiger partial charge in [-0.1, -0.05) is 0 Å². The molecule has 0 fully saturated rings. The first-order chi connectivity index (χ1) is 4.61. The molecular formula is C5H8N4S. The summed E-state index contributed by atoms with van der Waals surface area (Å²) in [4.78, 5) is 3.80. The number of aryl methyl sites for hydroxylation is 1. The normalized spacial score (nSPS) is 9.70. The second kappa shape index (κ2) is 2.26. The van der Waals surface area contributed by atoms with Gasteiger partial charge in [0.25, 0.3) is 0 Å². The Morgan fingerprint density at radius 2 is 2.30 bits per heavy atom. The number of nitrogen functional groups attached to an aromatic ring is 2. The van der Waals surface area contributed by atoms with Crippen LogP contribution in [0.1, 0.15) is 5.56 Å². The van der Waals surface area contributed by atoms with Gasteiger partial charge in [-0.3, -0.25) is 0 Å². The molecule has 0 aromatic carbocycles. The fraction of sp³-hybridized carbons (Fsp3) is 0.200. The lowest BCUT2D eigenvalue weighted by Crippen LogP contribution is -2.13. The van der Waals surface area contributed by atoms with Gasteiger partial charge >= 0.3 is 0 Å². The third-order valence-corrected chi connectivity index (χ3v) is 1.48. The van der Waals surface area contributed by atoms with Crippen LogP contribution in [0, 0.1) is 11.7 Å². The average Bonchev–Trinajstić information content (AvgIpc) is 1.84. The Hall–Kier alpha value is -1.10. The lowest BCUT2D eigenvalue weighted by molar-refractivity contribution is 0.902. The Morgan fingerprint density at radius 3 is 2.80 bits per heavy atom. The van der Waals surface area contributed by atoms with E-state index in [9.17, 15) is 0 Å². The van der Waals surface area contributed by atoms with Crippen LogP contribution in [-0.2, 0) is 0 Å². The number of anilines is 1. The van der Waals surface area contributed by atoms with Crippen molar-refractivity contribution >= 4 is 18.0 Å². The Bertz CT molecular complexity index is 303. The summed E-state index contributed by atoms with van der Waals surface area (Å²) in [5.41, 5.74) is 6.27. The average molecular weight is 156 g/mol. The molecule has 0 aliphatic rings. The van der Waals surface area contributed by atoms with E-state index in [0.717, 1.165) is 5.56 Å². The molecule has 0 unspecified atom stereocenters. The highest BCUT2D eigenvalue weighted by Gasteiger charge is 1.94. The summed E-state index contributed by atoms with van der Waals surface area (Å²) in [6.07, 6.45) is 1.64. The van der Waals surface area contributed by atoms with Gasteiger partial charge in [-0.15, -0.1) is 0 Å². The van der Waals surface area contributed by atoms with E-state index in [-0.39, 0.29) is 0 Å². The molecule has 0 radical (unpaired) electrons. The molecule has 0 bridgehead atoms. The van der Waals surface area contributed by atoms with Gasteiger partial charge in [-0.05, 0) is 19.1 Å². The maximum Gasteiger partial charge on any atom is 0.220 e. The molecule has 1 aromatic rings. The Balaban J connectivity index is 3.43. The van der Waals surface area contributed by atoms with E-state index in [1.54, 1.807) is 6.20 Å². The summed E-state index contributed by atoms with van der Waals surface area (Å²) < 4.78 is 1.56. The quantitative estimate of drug-likeness (QED) is 0.416. The second-order valence-electron chi connectivity index (χ2n) is 2.00. The standard InChI is InChI=1S/C5H8N4S/c1-3-2-9(7)5(10)8-4(3)6/h2H,7H2,1H3,(H2,6,8,10). The van der Waals surface area contributed by atoms with Crippen molar-refractivity contribution in [3.63, 3.8) is 0 Å². The van der Waals surface area contributed by atoms with Crippen LogP contribution in [0.15, 0.2) is 6.20 Å². The van der Waals surface area contributed by atoms with Crippen LogP contribution >= 0.6 is 12.2 Å². The number of rotatable bonds is 0. The van der Waals surface area contributed by atoms with Gasteiger partial charge in [0.15, 0.2) is 0 Å². The minimum Gasteiger partial charge on any atom is -0.383 e. The van der Waals surface area contributed by atoms with Gasteiger partial charge in [0.05, 0.1) is 0 Å². The van der Waals surface area contributed by atoms with Crippen molar-refractivity contribution in [1.29, 1.82) is 0 Å². The Morgan fingerprint density at radius 1 is 1.70 bits per heavy atom. The van der Waals surface area contributed by atoms with Crippen molar-refractivity contribution in [3.8, 4) is 0 Å². The number of nitrogens with two attached hydrogens (primary N) is 2. The van der Waals surface area contributed by atoms with Crippen LogP contribution in [0.5, 0.6) is 0 Å². The van der Waals surface area contributed by atoms with E-state index in [0.29, 0.717) is 10.6 Å². The van der Waals surface area contributed by atoms with Gasteiger partial charge in [-0.2, -0.15) is 0 Å². The first-order valence-corrected chi connectivity index (χ1v) is 3.13. The van der Waals surface area contributed by atoms with Crippen molar-refractivity contribution < 1.29 is 0 Å². The highest BCUT2D eigenvalue weighted by atomic mass is 32.1. The molecule has 0 amide bonds. The molecule has 0 aliphatic carbocycles. The molecule has 4 N–H and O–H groups in total. The first kappa shape index (κ1) is 7.01. The van der Waals surface area contributed by atoms with Crippen molar-refractivity contribution in [1.82, 2.24) is 9.66 Å². The van der Waals surface area contributed by atoms with E-state index in [1.807, 2.05) is 6.92 Å². The molecule has 1 aromatic heterocycles. The predicted molar refractivity (Wildman–Crippen MR) is 42.4 cm³/mol. The molecule has 0 atom stereocenters. The van der Waals surface area contributed by atoms with Crippen LogP contribution in [0.3, 0.4) is 0 Å². The second-order valence-corrected chi connectivity index (χ2v) is 2.36. The fourth-order valence-corrected chi connectivity index (χ4v) is 0.730. The van der Waals surface area contributed by atoms with E-state index in [2.05, 4.69) is 4.98 Å². The van der Waals surface area contributed by atoms with Gasteiger partial charge in [0.1, 0.15) is 5.82 Å². The van der Waals surface area contributed by atoms with Crippen LogP contribution in [0.2, 0.25) is 0 Å². The molecule has 0 saturated carbocycles. The molecule has 1 rings (SSSR count). The fourth-order valence-electron chi connectivity index (χ4n) is 0.579. The molecule has 1 heterocycles. The molecule has 5 heteroatoms. The van der Waals surface area contributed by atoms with Gasteiger partial charge in [0, 0.05) is 11.8 Å². The van der Waals surface area contributed by atoms with Crippen molar-refractivity contribution in [2.75, 3.05) is 11.6 Å². The maximum absolute atomic E-state index is 5.44. The molecule has 4 nitrogen and oxygen atoms in total. The van der Waals surface area contributed by atoms with Crippen molar-refractivity contribution in [2.45, 2.75) is 6.92 Å². The van der Waals surface area contributed by atoms with E-state index in [4.69, 9.17) is 23.8 Å². The van der Waals surface area contributed by atoms with E-state index < -0.39 is 0 Å². The van der Waals surface area contributed by atoms with Crippen LogP contribution in [0.4, 0.5) is 5.82 Å². The van der Waals surface area contributed by atoms with Gasteiger partial charge in [0.2, 0.25) is 4.77 Å². The van der Waals surface area contributed by atoms with Crippen molar-refractivity contribution in [2.24, 2.45) is 0 Å². The van der Waals surface area contributed by atoms with Gasteiger partial charge < -0.3 is 11.6 Å². The summed E-state index contributed by atoms with van der Waals surface area (Å²) in [6, 6.07) is 0. The molecule has 0 aliphatic heterocycles. The minimum absolute atomic E-state index is 0.295. The summed E-state index contributed by atoms with van der Waals surface area (Å²) in [7, 11) is 0. The molecule has 0 saturated heterocycles. The van der Waals surface area contributed by atoms with Crippen molar-refractivity contribution in [3.05, 3.63) is 16.5 Å². The summed E-state index contributed by atoms with van der Waals surface area (Å²) in [5, 5.41) is 0. The zero-order valence-corrected chi connectivity index (χ0v) is 6.35. The highest BCUT2D eigenvalue weighted by Crippen LogP contribution is 2.02. The van der Waals surface area contributed by atoms with Gasteiger partial charge in [-0.25, -0.2) is 9.66 Å². The highest BCUT2D eigenvalue weighted by molar-refractivity contribution is 7.71. The zero-order valence-electron chi connectivity index (χ0n) is 5.53. The number of aromatic nitrogens is 2. The first-order valence-electron chi connectivity index (χ1n) is 2.72. The minimum atomic E-state index is 0.295. The molecule has 54 valence electrons. The number of nitrogens with zero attached hydrogens (tertiary/aromatic N) is 2. The number of hydrogen-bond donors (Lipinski definition) is 2. The molecule has 10 heavy (non-hydrogen) atoms. The summed E-state index contributed by atoms with van der Waals surface area (Å²) >= 11 is 4.75. The third kappa shape index (κ3) is 1.08. The molecule has 0 spiro atoms. The largest absolute Gasteiger partial charge is 0.383 e. The topological polar surface area (TPSA) is 69.9 Å². The zero-order chi connectivity index (χ0) is 7.72. The predicted octanol–water partition coefficient (Wildman–Crippen LogP) is 0.217. The molecular weight excluding hydrogens is 148 g/mol. The third-order valence-electron chi connectivity index (χ3n) is 1.17. The van der Waals surface area contributed by atoms with E-state index in [1.165, 1.54) is 4.68 Å².